The number of rotatable bonds is 5. The standard InChI is InChI=1S/C19H20BrN5O2S2/c20-16-7-8-17(28-16)29(26,27)25-11-9-24(10-12-25)19-22-15-4-2-1-3-14(15)18(23-19)21-13-5-6-13/h1-4,7-8,13H,5-6,9-12H2,(H,21,22,23). The zero-order valence-electron chi connectivity index (χ0n) is 15.6. The zero-order valence-corrected chi connectivity index (χ0v) is 18.8. The van der Waals surface area contributed by atoms with Crippen LogP contribution in [0.4, 0.5) is 11.8 Å². The second-order valence-electron chi connectivity index (χ2n) is 7.26. The lowest BCUT2D eigenvalue weighted by Crippen LogP contribution is -2.49. The van der Waals surface area contributed by atoms with Gasteiger partial charge in [0.1, 0.15) is 10.0 Å². The van der Waals surface area contributed by atoms with Crippen molar-refractivity contribution < 1.29 is 8.42 Å². The molecule has 3 heterocycles. The van der Waals surface area contributed by atoms with Crippen LogP contribution >= 0.6 is 27.3 Å². The molecule has 3 aromatic rings. The third-order valence-corrected chi connectivity index (χ3v) is 9.16. The van der Waals surface area contributed by atoms with Gasteiger partial charge in [-0.05, 0) is 53.0 Å². The average Bonchev–Trinajstić information content (AvgIpc) is 3.44. The number of nitrogens with zero attached hydrogens (tertiary/aromatic N) is 4. The Bertz CT molecular complexity index is 1150. The summed E-state index contributed by atoms with van der Waals surface area (Å²) in [6.45, 7) is 1.96. The minimum absolute atomic E-state index is 0.371. The molecule has 1 aromatic carbocycles. The molecule has 152 valence electrons. The molecular weight excluding hydrogens is 474 g/mol. The number of benzene rings is 1. The number of hydrogen-bond acceptors (Lipinski definition) is 7. The van der Waals surface area contributed by atoms with Crippen molar-refractivity contribution in [1.29, 1.82) is 0 Å². The highest BCUT2D eigenvalue weighted by molar-refractivity contribution is 9.11. The summed E-state index contributed by atoms with van der Waals surface area (Å²) in [4.78, 5) is 11.6. The Labute approximate surface area is 181 Å². The first-order chi connectivity index (χ1) is 14.0. The third-order valence-electron chi connectivity index (χ3n) is 5.17. The van der Waals surface area contributed by atoms with Crippen molar-refractivity contribution in [1.82, 2.24) is 14.3 Å². The maximum Gasteiger partial charge on any atom is 0.252 e. The quantitative estimate of drug-likeness (QED) is 0.585. The first-order valence-corrected chi connectivity index (χ1v) is 12.6. The Morgan fingerprint density at radius 1 is 1.03 bits per heavy atom. The monoisotopic (exact) mass is 493 g/mol. The summed E-state index contributed by atoms with van der Waals surface area (Å²) in [5.41, 5.74) is 0.902. The van der Waals surface area contributed by atoms with Crippen LogP contribution in [-0.4, -0.2) is 54.9 Å². The molecule has 1 N–H and O–H groups in total. The Balaban J connectivity index is 1.37. The Morgan fingerprint density at radius 3 is 2.48 bits per heavy atom. The normalized spacial score (nSPS) is 18.3. The number of piperazine rings is 1. The summed E-state index contributed by atoms with van der Waals surface area (Å²) >= 11 is 4.58. The zero-order chi connectivity index (χ0) is 20.0. The highest BCUT2D eigenvalue weighted by Crippen LogP contribution is 2.31. The molecule has 0 amide bonds. The van der Waals surface area contributed by atoms with Gasteiger partial charge in [0.25, 0.3) is 10.0 Å². The minimum atomic E-state index is -3.46. The lowest BCUT2D eigenvalue weighted by atomic mass is 10.2. The van der Waals surface area contributed by atoms with Crippen LogP contribution in [0.3, 0.4) is 0 Å². The topological polar surface area (TPSA) is 78.4 Å². The van der Waals surface area contributed by atoms with Crippen LogP contribution in [-0.2, 0) is 10.0 Å². The van der Waals surface area contributed by atoms with E-state index in [9.17, 15) is 8.42 Å². The largest absolute Gasteiger partial charge is 0.367 e. The number of anilines is 2. The molecule has 0 unspecified atom stereocenters. The number of fused-ring (bicyclic) bond motifs is 1. The van der Waals surface area contributed by atoms with E-state index in [1.807, 2.05) is 24.3 Å². The molecule has 1 saturated carbocycles. The average molecular weight is 494 g/mol. The van der Waals surface area contributed by atoms with E-state index in [1.54, 1.807) is 16.4 Å². The van der Waals surface area contributed by atoms with Crippen LogP contribution in [0.5, 0.6) is 0 Å². The number of aromatic nitrogens is 2. The van der Waals surface area contributed by atoms with Crippen molar-refractivity contribution in [3.63, 3.8) is 0 Å². The van der Waals surface area contributed by atoms with Crippen LogP contribution in [0.15, 0.2) is 44.4 Å². The number of halogens is 1. The first-order valence-electron chi connectivity index (χ1n) is 9.54. The van der Waals surface area contributed by atoms with E-state index in [4.69, 9.17) is 9.97 Å². The van der Waals surface area contributed by atoms with Crippen molar-refractivity contribution in [2.75, 3.05) is 36.4 Å². The highest BCUT2D eigenvalue weighted by Gasteiger charge is 2.31. The minimum Gasteiger partial charge on any atom is -0.367 e. The molecule has 0 bridgehead atoms. The summed E-state index contributed by atoms with van der Waals surface area (Å²) in [6, 6.07) is 11.9. The first kappa shape index (κ1) is 19.2. The predicted molar refractivity (Wildman–Crippen MR) is 119 cm³/mol. The van der Waals surface area contributed by atoms with E-state index in [2.05, 4.69) is 26.1 Å². The molecule has 0 spiro atoms. The van der Waals surface area contributed by atoms with Gasteiger partial charge in [0, 0.05) is 37.6 Å². The highest BCUT2D eigenvalue weighted by atomic mass is 79.9. The second-order valence-corrected chi connectivity index (χ2v) is 11.9. The molecule has 1 saturated heterocycles. The summed E-state index contributed by atoms with van der Waals surface area (Å²) in [5.74, 6) is 1.52. The smallest absolute Gasteiger partial charge is 0.252 e. The van der Waals surface area contributed by atoms with Crippen molar-refractivity contribution in [2.45, 2.75) is 23.1 Å². The van der Waals surface area contributed by atoms with Crippen molar-refractivity contribution in [3.8, 4) is 0 Å². The fourth-order valence-electron chi connectivity index (χ4n) is 3.43. The van der Waals surface area contributed by atoms with E-state index < -0.39 is 10.0 Å². The van der Waals surface area contributed by atoms with Gasteiger partial charge in [0.05, 0.1) is 9.30 Å². The fraction of sp³-hybridized carbons (Fsp3) is 0.368. The van der Waals surface area contributed by atoms with E-state index in [1.165, 1.54) is 24.2 Å². The molecule has 2 fully saturated rings. The fourth-order valence-corrected chi connectivity index (χ4v) is 7.02. The van der Waals surface area contributed by atoms with Gasteiger partial charge in [-0.1, -0.05) is 12.1 Å². The van der Waals surface area contributed by atoms with E-state index in [0.717, 1.165) is 20.5 Å². The summed E-state index contributed by atoms with van der Waals surface area (Å²) in [5, 5.41) is 4.53. The molecular formula is C19H20BrN5O2S2. The lowest BCUT2D eigenvalue weighted by molar-refractivity contribution is 0.383. The van der Waals surface area contributed by atoms with E-state index in [-0.39, 0.29) is 0 Å². The van der Waals surface area contributed by atoms with Crippen molar-refractivity contribution >= 4 is 60.0 Å². The van der Waals surface area contributed by atoms with E-state index in [0.29, 0.717) is 42.4 Å². The second kappa shape index (κ2) is 7.50. The number of hydrogen-bond donors (Lipinski definition) is 1. The lowest BCUT2D eigenvalue weighted by Gasteiger charge is -2.34. The molecule has 10 heteroatoms. The third kappa shape index (κ3) is 3.86. The van der Waals surface area contributed by atoms with Crippen LogP contribution < -0.4 is 10.2 Å². The van der Waals surface area contributed by atoms with Gasteiger partial charge in [-0.15, -0.1) is 11.3 Å². The molecule has 7 nitrogen and oxygen atoms in total. The molecule has 2 aliphatic rings. The Kier molecular flexibility index (Phi) is 4.97. The van der Waals surface area contributed by atoms with Crippen LogP contribution in [0, 0.1) is 0 Å². The van der Waals surface area contributed by atoms with Gasteiger partial charge in [-0.2, -0.15) is 9.29 Å². The van der Waals surface area contributed by atoms with Gasteiger partial charge in [-0.25, -0.2) is 13.4 Å². The summed E-state index contributed by atoms with van der Waals surface area (Å²) in [7, 11) is -3.46. The van der Waals surface area contributed by atoms with Gasteiger partial charge in [0.2, 0.25) is 5.95 Å². The van der Waals surface area contributed by atoms with Gasteiger partial charge >= 0.3 is 0 Å². The van der Waals surface area contributed by atoms with Gasteiger partial charge < -0.3 is 10.2 Å². The number of sulfonamides is 1. The number of nitrogens with one attached hydrogen (secondary N) is 1. The Morgan fingerprint density at radius 2 is 1.79 bits per heavy atom. The molecule has 0 radical (unpaired) electrons. The van der Waals surface area contributed by atoms with Crippen LogP contribution in [0.25, 0.3) is 10.9 Å². The van der Waals surface area contributed by atoms with Gasteiger partial charge in [0.15, 0.2) is 0 Å². The molecule has 1 aliphatic heterocycles. The molecule has 5 rings (SSSR count). The predicted octanol–water partition coefficient (Wildman–Crippen LogP) is 3.54. The molecule has 29 heavy (non-hydrogen) atoms. The Hall–Kier alpha value is -1.75. The summed E-state index contributed by atoms with van der Waals surface area (Å²) < 4.78 is 28.4. The SMILES string of the molecule is O=S(=O)(c1ccc(Br)s1)N1CCN(c2nc(NC3CC3)c3ccccc3n2)CC1. The van der Waals surface area contributed by atoms with Gasteiger partial charge in [-0.3, -0.25) is 0 Å². The van der Waals surface area contributed by atoms with Crippen molar-refractivity contribution in [3.05, 3.63) is 40.2 Å². The van der Waals surface area contributed by atoms with Crippen LogP contribution in [0.2, 0.25) is 0 Å². The molecule has 2 aromatic heterocycles. The van der Waals surface area contributed by atoms with E-state index >= 15 is 0 Å². The number of thiophene rings is 1. The number of para-hydroxylation sites is 1. The maximum atomic E-state index is 12.9. The molecule has 1 aliphatic carbocycles. The summed E-state index contributed by atoms with van der Waals surface area (Å²) in [6.07, 6.45) is 2.34. The maximum absolute atomic E-state index is 12.9. The van der Waals surface area contributed by atoms with Crippen LogP contribution in [0.1, 0.15) is 12.8 Å². The molecule has 0 atom stereocenters. The van der Waals surface area contributed by atoms with Crippen molar-refractivity contribution in [2.24, 2.45) is 0 Å².